The normalized spacial score (nSPS) is 11.3. The summed E-state index contributed by atoms with van der Waals surface area (Å²) in [6, 6.07) is 5.84. The number of carbonyl (C=O) groups excluding carboxylic acids is 1. The van der Waals surface area contributed by atoms with Crippen molar-refractivity contribution in [1.82, 2.24) is 25.0 Å². The molecule has 0 saturated carbocycles. The molecule has 9 heteroatoms. The predicted molar refractivity (Wildman–Crippen MR) is 101 cm³/mol. The fourth-order valence-corrected chi connectivity index (χ4v) is 2.71. The number of carbonyl (C=O) groups is 1. The van der Waals surface area contributed by atoms with Gasteiger partial charge in [0.2, 0.25) is 0 Å². The SMILES string of the molecule is Cc1cc(OC(C)C)cc(-c2ncn(/C=C\C(=O)OCc3nncs3)n2)c1. The van der Waals surface area contributed by atoms with Gasteiger partial charge >= 0.3 is 5.97 Å². The average molecular weight is 385 g/mol. The second-order valence-electron chi connectivity index (χ2n) is 6.01. The first-order valence-corrected chi connectivity index (χ1v) is 9.17. The Morgan fingerprint density at radius 3 is 2.93 bits per heavy atom. The molecule has 1 aromatic carbocycles. The molecule has 0 saturated heterocycles. The number of hydrogen-bond acceptors (Lipinski definition) is 8. The average Bonchev–Trinajstić information content (AvgIpc) is 3.29. The summed E-state index contributed by atoms with van der Waals surface area (Å²) >= 11 is 1.32. The van der Waals surface area contributed by atoms with Crippen molar-refractivity contribution in [2.75, 3.05) is 0 Å². The lowest BCUT2D eigenvalue weighted by Crippen LogP contribution is -2.05. The van der Waals surface area contributed by atoms with E-state index >= 15 is 0 Å². The second kappa shape index (κ2) is 8.54. The van der Waals surface area contributed by atoms with Crippen LogP contribution in [0.15, 0.2) is 36.1 Å². The van der Waals surface area contributed by atoms with Crippen LogP contribution in [0.25, 0.3) is 17.6 Å². The van der Waals surface area contributed by atoms with Crippen molar-refractivity contribution >= 4 is 23.5 Å². The molecule has 0 spiro atoms. The maximum absolute atomic E-state index is 11.7. The van der Waals surface area contributed by atoms with Crippen LogP contribution in [-0.4, -0.2) is 37.0 Å². The Morgan fingerprint density at radius 1 is 1.33 bits per heavy atom. The Bertz CT molecular complexity index is 934. The smallest absolute Gasteiger partial charge is 0.332 e. The highest BCUT2D eigenvalue weighted by molar-refractivity contribution is 7.09. The van der Waals surface area contributed by atoms with Crippen LogP contribution in [0.2, 0.25) is 0 Å². The highest BCUT2D eigenvalue weighted by Gasteiger charge is 2.08. The molecule has 140 valence electrons. The zero-order valence-electron chi connectivity index (χ0n) is 15.2. The van der Waals surface area contributed by atoms with Crippen LogP contribution < -0.4 is 4.74 Å². The largest absolute Gasteiger partial charge is 0.491 e. The van der Waals surface area contributed by atoms with Crippen molar-refractivity contribution in [3.05, 3.63) is 46.7 Å². The van der Waals surface area contributed by atoms with E-state index in [2.05, 4.69) is 20.3 Å². The summed E-state index contributed by atoms with van der Waals surface area (Å²) in [6.45, 7) is 6.04. The number of aryl methyl sites for hydroxylation is 1. The third kappa shape index (κ3) is 5.45. The fraction of sp³-hybridized carbons (Fsp3) is 0.278. The number of ether oxygens (including phenoxy) is 2. The van der Waals surface area contributed by atoms with Gasteiger partial charge in [0, 0.05) is 17.8 Å². The predicted octanol–water partition coefficient (Wildman–Crippen LogP) is 3.11. The molecule has 2 heterocycles. The molecule has 0 aliphatic carbocycles. The van der Waals surface area contributed by atoms with E-state index in [0.29, 0.717) is 10.8 Å². The summed E-state index contributed by atoms with van der Waals surface area (Å²) in [7, 11) is 0. The van der Waals surface area contributed by atoms with E-state index in [1.54, 1.807) is 5.51 Å². The molecule has 0 aliphatic rings. The maximum atomic E-state index is 11.7. The molecular formula is C18H19N5O3S. The minimum Gasteiger partial charge on any atom is -0.491 e. The van der Waals surface area contributed by atoms with Crippen LogP contribution in [0.3, 0.4) is 0 Å². The summed E-state index contributed by atoms with van der Waals surface area (Å²) in [5, 5.41) is 12.5. The lowest BCUT2D eigenvalue weighted by molar-refractivity contribution is -0.138. The van der Waals surface area contributed by atoms with Gasteiger partial charge in [-0.3, -0.25) is 0 Å². The molecule has 0 amide bonds. The molecule has 0 unspecified atom stereocenters. The first kappa shape index (κ1) is 18.7. The maximum Gasteiger partial charge on any atom is 0.332 e. The van der Waals surface area contributed by atoms with E-state index < -0.39 is 5.97 Å². The Labute approximate surface area is 160 Å². The van der Waals surface area contributed by atoms with Crippen LogP contribution >= 0.6 is 11.3 Å². The van der Waals surface area contributed by atoms with Gasteiger partial charge in [0.25, 0.3) is 0 Å². The Hall–Kier alpha value is -3.07. The van der Waals surface area contributed by atoms with Crippen molar-refractivity contribution in [2.45, 2.75) is 33.5 Å². The Balaban J connectivity index is 1.65. The van der Waals surface area contributed by atoms with Gasteiger partial charge in [-0.25, -0.2) is 14.5 Å². The number of benzene rings is 1. The van der Waals surface area contributed by atoms with Crippen molar-refractivity contribution in [1.29, 1.82) is 0 Å². The third-order valence-electron chi connectivity index (χ3n) is 3.30. The third-order valence-corrected chi connectivity index (χ3v) is 3.97. The van der Waals surface area contributed by atoms with Crippen molar-refractivity contribution in [2.24, 2.45) is 0 Å². The Morgan fingerprint density at radius 2 is 2.19 bits per heavy atom. The zero-order chi connectivity index (χ0) is 19.2. The molecule has 27 heavy (non-hydrogen) atoms. The summed E-state index contributed by atoms with van der Waals surface area (Å²) in [5.74, 6) is 0.816. The zero-order valence-corrected chi connectivity index (χ0v) is 16.0. The molecule has 0 radical (unpaired) electrons. The minimum absolute atomic E-state index is 0.0827. The van der Waals surface area contributed by atoms with Gasteiger partial charge in [0.15, 0.2) is 10.8 Å². The molecule has 0 bridgehead atoms. The van der Waals surface area contributed by atoms with Crippen molar-refractivity contribution < 1.29 is 14.3 Å². The number of rotatable bonds is 7. The standard InChI is InChI=1S/C18H19N5O3S/c1-12(2)26-15-7-13(3)6-14(8-15)18-19-10-23(22-18)5-4-17(24)25-9-16-21-20-11-27-16/h4-8,10-12H,9H2,1-3H3/b5-4-. The number of esters is 1. The number of aromatic nitrogens is 5. The molecular weight excluding hydrogens is 366 g/mol. The highest BCUT2D eigenvalue weighted by atomic mass is 32.1. The summed E-state index contributed by atoms with van der Waals surface area (Å²) in [6.07, 6.45) is 4.37. The van der Waals surface area contributed by atoms with Crippen molar-refractivity contribution in [3.63, 3.8) is 0 Å². The van der Waals surface area contributed by atoms with Gasteiger partial charge in [0.1, 0.15) is 24.2 Å². The first-order valence-electron chi connectivity index (χ1n) is 8.29. The lowest BCUT2D eigenvalue weighted by Gasteiger charge is -2.11. The molecule has 0 N–H and O–H groups in total. The van der Waals surface area contributed by atoms with Gasteiger partial charge < -0.3 is 9.47 Å². The quantitative estimate of drug-likeness (QED) is 0.456. The van der Waals surface area contributed by atoms with Crippen LogP contribution in [0, 0.1) is 6.92 Å². The number of nitrogens with zero attached hydrogens (tertiary/aromatic N) is 5. The Kier molecular flexibility index (Phi) is 5.92. The molecule has 2 aromatic heterocycles. The molecule has 8 nitrogen and oxygen atoms in total. The fourth-order valence-electron chi connectivity index (χ4n) is 2.27. The van der Waals surface area contributed by atoms with E-state index in [1.807, 2.05) is 39.0 Å². The summed E-state index contributed by atoms with van der Waals surface area (Å²) < 4.78 is 12.3. The van der Waals surface area contributed by atoms with E-state index in [4.69, 9.17) is 9.47 Å². The molecule has 0 fully saturated rings. The van der Waals surface area contributed by atoms with E-state index in [0.717, 1.165) is 16.9 Å². The van der Waals surface area contributed by atoms with Gasteiger partial charge in [0.05, 0.1) is 6.10 Å². The van der Waals surface area contributed by atoms with Crippen LogP contribution in [0.5, 0.6) is 5.75 Å². The summed E-state index contributed by atoms with van der Waals surface area (Å²) in [4.78, 5) is 16.0. The highest BCUT2D eigenvalue weighted by Crippen LogP contribution is 2.24. The van der Waals surface area contributed by atoms with E-state index in [1.165, 1.54) is 34.6 Å². The topological polar surface area (TPSA) is 92.0 Å². The van der Waals surface area contributed by atoms with Crippen molar-refractivity contribution in [3.8, 4) is 17.1 Å². The summed E-state index contributed by atoms with van der Waals surface area (Å²) in [5.41, 5.74) is 3.48. The van der Waals surface area contributed by atoms with Gasteiger partial charge in [-0.1, -0.05) is 0 Å². The van der Waals surface area contributed by atoms with Crippen LogP contribution in [0.4, 0.5) is 0 Å². The van der Waals surface area contributed by atoms with Crippen LogP contribution in [-0.2, 0) is 16.1 Å². The number of hydrogen-bond donors (Lipinski definition) is 0. The first-order chi connectivity index (χ1) is 13.0. The van der Waals surface area contributed by atoms with E-state index in [-0.39, 0.29) is 12.7 Å². The van der Waals surface area contributed by atoms with Gasteiger partial charge in [-0.05, 0) is 44.5 Å². The molecule has 0 aliphatic heterocycles. The molecule has 3 aromatic rings. The van der Waals surface area contributed by atoms with E-state index in [9.17, 15) is 4.79 Å². The van der Waals surface area contributed by atoms with Crippen LogP contribution in [0.1, 0.15) is 24.4 Å². The minimum atomic E-state index is -0.495. The molecule has 3 rings (SSSR count). The monoisotopic (exact) mass is 385 g/mol. The second-order valence-corrected chi connectivity index (χ2v) is 6.92. The lowest BCUT2D eigenvalue weighted by atomic mass is 10.1. The van der Waals surface area contributed by atoms with Gasteiger partial charge in [-0.2, -0.15) is 0 Å². The van der Waals surface area contributed by atoms with Gasteiger partial charge in [-0.15, -0.1) is 26.6 Å². The molecule has 0 atom stereocenters.